The minimum Gasteiger partial charge on any atom is -0.493 e. The third-order valence-corrected chi connectivity index (χ3v) is 3.90. The van der Waals surface area contributed by atoms with E-state index in [1.807, 2.05) is 12.3 Å². The highest BCUT2D eigenvalue weighted by atomic mass is 79.9. The Bertz CT molecular complexity index is 570. The van der Waals surface area contributed by atoms with Crippen LogP contribution in [-0.2, 0) is 12.8 Å². The number of hydrogen-bond acceptors (Lipinski definition) is 4. The van der Waals surface area contributed by atoms with Gasteiger partial charge in [-0.25, -0.2) is 4.98 Å². The van der Waals surface area contributed by atoms with Gasteiger partial charge < -0.3 is 19.2 Å². The Morgan fingerprint density at radius 2 is 1.85 bits per heavy atom. The molecule has 0 radical (unpaired) electrons. The van der Waals surface area contributed by atoms with Crippen LogP contribution in [0.4, 0.5) is 0 Å². The van der Waals surface area contributed by atoms with E-state index >= 15 is 0 Å². The van der Waals surface area contributed by atoms with Crippen LogP contribution in [0.15, 0.2) is 22.9 Å². The van der Waals surface area contributed by atoms with Crippen LogP contribution < -0.4 is 14.2 Å². The molecule has 1 N–H and O–H groups in total. The minimum absolute atomic E-state index is 0.587. The highest BCUT2D eigenvalue weighted by Crippen LogP contribution is 2.44. The number of hydrogen-bond donors (Lipinski definition) is 1. The SMILES string of the molecule is COc1cc(CCc2ncc[nH]2)c(Br)c(OC)c1OC. The third kappa shape index (κ3) is 2.90. The summed E-state index contributed by atoms with van der Waals surface area (Å²) in [5.74, 6) is 2.83. The van der Waals surface area contributed by atoms with Crippen LogP contribution in [0, 0.1) is 0 Å². The molecule has 5 nitrogen and oxygen atoms in total. The first-order valence-electron chi connectivity index (χ1n) is 6.16. The van der Waals surface area contributed by atoms with Crippen molar-refractivity contribution in [3.63, 3.8) is 0 Å². The summed E-state index contributed by atoms with van der Waals surface area (Å²) < 4.78 is 17.0. The lowest BCUT2D eigenvalue weighted by molar-refractivity contribution is 0.322. The van der Waals surface area contributed by atoms with E-state index in [-0.39, 0.29) is 0 Å². The molecule has 1 aromatic carbocycles. The Morgan fingerprint density at radius 1 is 1.10 bits per heavy atom. The Labute approximate surface area is 126 Å². The Hall–Kier alpha value is -1.69. The fourth-order valence-corrected chi connectivity index (χ4v) is 2.70. The molecule has 0 atom stereocenters. The molecule has 0 saturated carbocycles. The summed E-state index contributed by atoms with van der Waals surface area (Å²) in [4.78, 5) is 7.31. The van der Waals surface area contributed by atoms with E-state index in [0.29, 0.717) is 17.2 Å². The maximum Gasteiger partial charge on any atom is 0.204 e. The van der Waals surface area contributed by atoms with Crippen LogP contribution in [0.1, 0.15) is 11.4 Å². The van der Waals surface area contributed by atoms with Crippen molar-refractivity contribution in [1.82, 2.24) is 9.97 Å². The lowest BCUT2D eigenvalue weighted by atomic mass is 10.1. The number of benzene rings is 1. The van der Waals surface area contributed by atoms with E-state index < -0.39 is 0 Å². The van der Waals surface area contributed by atoms with Crippen molar-refractivity contribution in [3.8, 4) is 17.2 Å². The Kier molecular flexibility index (Phi) is 4.89. The van der Waals surface area contributed by atoms with Crippen LogP contribution in [0.2, 0.25) is 0 Å². The molecule has 2 rings (SSSR count). The van der Waals surface area contributed by atoms with E-state index in [4.69, 9.17) is 14.2 Å². The average molecular weight is 341 g/mol. The molecule has 6 heteroatoms. The predicted octanol–water partition coefficient (Wildman–Crippen LogP) is 2.98. The van der Waals surface area contributed by atoms with Crippen molar-refractivity contribution in [2.24, 2.45) is 0 Å². The minimum atomic E-state index is 0.587. The lowest BCUT2D eigenvalue weighted by Crippen LogP contribution is -2.01. The highest BCUT2D eigenvalue weighted by Gasteiger charge is 2.18. The summed E-state index contributed by atoms with van der Waals surface area (Å²) in [6.07, 6.45) is 5.19. The van der Waals surface area contributed by atoms with E-state index in [1.54, 1.807) is 27.5 Å². The topological polar surface area (TPSA) is 56.4 Å². The fourth-order valence-electron chi connectivity index (χ4n) is 2.04. The Morgan fingerprint density at radius 3 is 2.40 bits per heavy atom. The van der Waals surface area contributed by atoms with Gasteiger partial charge in [0, 0.05) is 18.8 Å². The summed E-state index contributed by atoms with van der Waals surface area (Å²) in [6, 6.07) is 1.95. The molecular formula is C14H17BrN2O3. The van der Waals surface area contributed by atoms with E-state index in [2.05, 4.69) is 25.9 Å². The number of imidazole rings is 1. The molecule has 0 aliphatic carbocycles. The van der Waals surface area contributed by atoms with Crippen molar-refractivity contribution < 1.29 is 14.2 Å². The van der Waals surface area contributed by atoms with Crippen molar-refractivity contribution in [2.45, 2.75) is 12.8 Å². The number of rotatable bonds is 6. The molecule has 108 valence electrons. The quantitative estimate of drug-likeness (QED) is 0.878. The second-order valence-corrected chi connectivity index (χ2v) is 4.95. The van der Waals surface area contributed by atoms with Gasteiger partial charge in [0.1, 0.15) is 5.82 Å². The summed E-state index contributed by atoms with van der Waals surface area (Å²) in [5.41, 5.74) is 1.08. The zero-order valence-corrected chi connectivity index (χ0v) is 13.3. The van der Waals surface area contributed by atoms with Gasteiger partial charge in [0.25, 0.3) is 0 Å². The summed E-state index contributed by atoms with van der Waals surface area (Å²) in [7, 11) is 4.81. The molecule has 0 amide bonds. The number of nitrogens with zero attached hydrogens (tertiary/aromatic N) is 1. The summed E-state index contributed by atoms with van der Waals surface area (Å²) in [6.45, 7) is 0. The molecule has 1 heterocycles. The molecule has 0 aliphatic rings. The van der Waals surface area contributed by atoms with Gasteiger partial charge in [0.2, 0.25) is 5.75 Å². The first-order chi connectivity index (χ1) is 9.71. The van der Waals surface area contributed by atoms with E-state index in [1.165, 1.54) is 0 Å². The van der Waals surface area contributed by atoms with E-state index in [0.717, 1.165) is 28.7 Å². The highest BCUT2D eigenvalue weighted by molar-refractivity contribution is 9.10. The predicted molar refractivity (Wildman–Crippen MR) is 79.8 cm³/mol. The summed E-state index contributed by atoms with van der Waals surface area (Å²) >= 11 is 3.57. The first kappa shape index (κ1) is 14.7. The Balaban J connectivity index is 2.32. The van der Waals surface area contributed by atoms with Gasteiger partial charge >= 0.3 is 0 Å². The van der Waals surface area contributed by atoms with Crippen LogP contribution in [0.3, 0.4) is 0 Å². The smallest absolute Gasteiger partial charge is 0.204 e. The van der Waals surface area contributed by atoms with Gasteiger partial charge in [-0.05, 0) is 34.0 Å². The number of aromatic amines is 1. The third-order valence-electron chi connectivity index (χ3n) is 3.03. The van der Waals surface area contributed by atoms with Crippen LogP contribution in [-0.4, -0.2) is 31.3 Å². The van der Waals surface area contributed by atoms with Crippen LogP contribution in [0.25, 0.3) is 0 Å². The number of ether oxygens (including phenoxy) is 3. The zero-order valence-electron chi connectivity index (χ0n) is 11.7. The standard InChI is InChI=1S/C14H17BrN2O3/c1-18-10-8-9(4-5-11-16-6-7-17-11)12(15)14(20-3)13(10)19-2/h6-8H,4-5H2,1-3H3,(H,16,17). The fraction of sp³-hybridized carbons (Fsp3) is 0.357. The van der Waals surface area contributed by atoms with Gasteiger partial charge in [-0.15, -0.1) is 0 Å². The van der Waals surface area contributed by atoms with Gasteiger partial charge in [0.05, 0.1) is 25.8 Å². The molecule has 0 spiro atoms. The second kappa shape index (κ2) is 6.65. The maximum absolute atomic E-state index is 5.41. The monoisotopic (exact) mass is 340 g/mol. The number of aryl methyl sites for hydroxylation is 2. The normalized spacial score (nSPS) is 10.4. The number of methoxy groups -OCH3 is 3. The lowest BCUT2D eigenvalue weighted by Gasteiger charge is -2.16. The number of H-pyrrole nitrogens is 1. The number of aromatic nitrogens is 2. The van der Waals surface area contributed by atoms with E-state index in [9.17, 15) is 0 Å². The zero-order chi connectivity index (χ0) is 14.5. The molecule has 0 aliphatic heterocycles. The number of halogens is 1. The molecule has 0 saturated heterocycles. The first-order valence-corrected chi connectivity index (χ1v) is 6.96. The van der Waals surface area contributed by atoms with Gasteiger partial charge in [-0.2, -0.15) is 0 Å². The van der Waals surface area contributed by atoms with Gasteiger partial charge in [0.15, 0.2) is 11.5 Å². The molecule has 1 aromatic heterocycles. The molecule has 2 aromatic rings. The molecular weight excluding hydrogens is 324 g/mol. The number of nitrogens with one attached hydrogen (secondary N) is 1. The molecule has 0 unspecified atom stereocenters. The van der Waals surface area contributed by atoms with Gasteiger partial charge in [-0.1, -0.05) is 0 Å². The van der Waals surface area contributed by atoms with Gasteiger partial charge in [-0.3, -0.25) is 0 Å². The maximum atomic E-state index is 5.41. The summed E-state index contributed by atoms with van der Waals surface area (Å²) in [5, 5.41) is 0. The van der Waals surface area contributed by atoms with Crippen molar-refractivity contribution in [1.29, 1.82) is 0 Å². The van der Waals surface area contributed by atoms with Crippen LogP contribution >= 0.6 is 15.9 Å². The van der Waals surface area contributed by atoms with Crippen molar-refractivity contribution in [2.75, 3.05) is 21.3 Å². The second-order valence-electron chi connectivity index (χ2n) is 4.15. The molecule has 20 heavy (non-hydrogen) atoms. The van der Waals surface area contributed by atoms with Crippen molar-refractivity contribution >= 4 is 15.9 Å². The average Bonchev–Trinajstić information content (AvgIpc) is 2.98. The largest absolute Gasteiger partial charge is 0.493 e. The molecule has 0 bridgehead atoms. The van der Waals surface area contributed by atoms with Crippen LogP contribution in [0.5, 0.6) is 17.2 Å². The van der Waals surface area contributed by atoms with Crippen molar-refractivity contribution in [3.05, 3.63) is 34.3 Å². The molecule has 0 fully saturated rings.